The highest BCUT2D eigenvalue weighted by Crippen LogP contribution is 2.54. The minimum absolute atomic E-state index is 0.0633. The van der Waals surface area contributed by atoms with Crippen LogP contribution in [0.5, 0.6) is 0 Å². The number of nitrogens with zero attached hydrogens (tertiary/aromatic N) is 1. The first-order valence-electron chi connectivity index (χ1n) is 9.66. The highest BCUT2D eigenvalue weighted by atomic mass is 35.5. The van der Waals surface area contributed by atoms with Crippen LogP contribution in [-0.2, 0) is 16.1 Å². The molecule has 2 bridgehead atoms. The van der Waals surface area contributed by atoms with E-state index >= 15 is 0 Å². The van der Waals surface area contributed by atoms with E-state index in [2.05, 4.69) is 10.2 Å². The summed E-state index contributed by atoms with van der Waals surface area (Å²) in [6, 6.07) is 4.62. The summed E-state index contributed by atoms with van der Waals surface area (Å²) in [5, 5.41) is 3.64. The lowest BCUT2D eigenvalue weighted by atomic mass is 9.73. The maximum Gasteiger partial charge on any atom is 0.223 e. The molecule has 1 spiro atoms. The molecule has 3 heterocycles. The average Bonchev–Trinajstić information content (AvgIpc) is 3.20. The van der Waals surface area contributed by atoms with Crippen molar-refractivity contribution in [2.75, 3.05) is 19.6 Å². The van der Waals surface area contributed by atoms with E-state index in [1.54, 1.807) is 6.07 Å². The van der Waals surface area contributed by atoms with Crippen molar-refractivity contribution in [3.8, 4) is 0 Å². The molecule has 4 nitrogen and oxygen atoms in total. The van der Waals surface area contributed by atoms with Gasteiger partial charge in [-0.25, -0.2) is 4.39 Å². The molecular formula is C20H24ClFN2O2. The lowest BCUT2D eigenvalue weighted by Gasteiger charge is -2.29. The van der Waals surface area contributed by atoms with Crippen LogP contribution in [0.1, 0.15) is 31.2 Å². The molecule has 5 rings (SSSR count). The third-order valence-corrected chi connectivity index (χ3v) is 7.08. The van der Waals surface area contributed by atoms with Crippen molar-refractivity contribution in [2.24, 2.45) is 17.8 Å². The van der Waals surface area contributed by atoms with Gasteiger partial charge < -0.3 is 10.1 Å². The lowest BCUT2D eigenvalue weighted by molar-refractivity contribution is -0.122. The van der Waals surface area contributed by atoms with Gasteiger partial charge in [0.2, 0.25) is 5.91 Å². The summed E-state index contributed by atoms with van der Waals surface area (Å²) in [6.07, 6.45) is 4.55. The predicted molar refractivity (Wildman–Crippen MR) is 96.2 cm³/mol. The van der Waals surface area contributed by atoms with E-state index in [1.807, 2.05) is 0 Å². The molecule has 26 heavy (non-hydrogen) atoms. The van der Waals surface area contributed by atoms with Gasteiger partial charge in [0.05, 0.1) is 11.7 Å². The van der Waals surface area contributed by atoms with Gasteiger partial charge in [-0.1, -0.05) is 17.7 Å². The zero-order valence-corrected chi connectivity index (χ0v) is 15.5. The zero-order chi connectivity index (χ0) is 17.9. The van der Waals surface area contributed by atoms with Gasteiger partial charge in [-0.15, -0.1) is 0 Å². The van der Waals surface area contributed by atoms with Gasteiger partial charge in [0.15, 0.2) is 0 Å². The summed E-state index contributed by atoms with van der Waals surface area (Å²) in [4.78, 5) is 14.4. The molecule has 4 fully saturated rings. The van der Waals surface area contributed by atoms with E-state index in [-0.39, 0.29) is 29.3 Å². The number of rotatable bonds is 5. The molecule has 1 aromatic rings. The molecule has 3 saturated heterocycles. The van der Waals surface area contributed by atoms with E-state index < -0.39 is 0 Å². The number of hydrogen-bond acceptors (Lipinski definition) is 3. The molecule has 1 aromatic carbocycles. The minimum Gasteiger partial charge on any atom is -0.370 e. The van der Waals surface area contributed by atoms with Crippen LogP contribution in [0.2, 0.25) is 5.02 Å². The molecule has 140 valence electrons. The quantitative estimate of drug-likeness (QED) is 0.856. The zero-order valence-electron chi connectivity index (χ0n) is 14.7. The van der Waals surface area contributed by atoms with Crippen LogP contribution in [0.15, 0.2) is 18.2 Å². The number of fused-ring (bicyclic) bond motifs is 1. The van der Waals surface area contributed by atoms with Crippen molar-refractivity contribution >= 4 is 17.5 Å². The largest absolute Gasteiger partial charge is 0.370 e. The Morgan fingerprint density at radius 2 is 2.23 bits per heavy atom. The second-order valence-corrected chi connectivity index (χ2v) is 8.86. The van der Waals surface area contributed by atoms with Crippen LogP contribution >= 0.6 is 11.6 Å². The van der Waals surface area contributed by atoms with Crippen molar-refractivity contribution in [3.05, 3.63) is 34.6 Å². The van der Waals surface area contributed by atoms with Crippen molar-refractivity contribution in [3.63, 3.8) is 0 Å². The summed E-state index contributed by atoms with van der Waals surface area (Å²) in [6.45, 7) is 3.30. The van der Waals surface area contributed by atoms with Gasteiger partial charge in [0.25, 0.3) is 0 Å². The Morgan fingerprint density at radius 1 is 1.38 bits per heavy atom. The molecule has 1 N–H and O–H groups in total. The second kappa shape index (κ2) is 6.18. The van der Waals surface area contributed by atoms with E-state index in [4.69, 9.17) is 16.3 Å². The number of carbonyl (C=O) groups excluding carboxylic acids is 1. The van der Waals surface area contributed by atoms with E-state index in [1.165, 1.54) is 12.1 Å². The van der Waals surface area contributed by atoms with Crippen LogP contribution in [0.25, 0.3) is 0 Å². The maximum absolute atomic E-state index is 13.3. The Bertz CT molecular complexity index is 741. The predicted octanol–water partition coefficient (Wildman–Crippen LogP) is 2.98. The number of carbonyl (C=O) groups is 1. The summed E-state index contributed by atoms with van der Waals surface area (Å²) in [5.74, 6) is 1.03. The molecule has 0 aromatic heterocycles. The number of nitrogens with one attached hydrogen (secondary N) is 1. The maximum atomic E-state index is 13.3. The Morgan fingerprint density at radius 3 is 3.00 bits per heavy atom. The van der Waals surface area contributed by atoms with Crippen LogP contribution in [0.3, 0.4) is 0 Å². The molecule has 4 atom stereocenters. The van der Waals surface area contributed by atoms with Crippen molar-refractivity contribution in [1.29, 1.82) is 0 Å². The van der Waals surface area contributed by atoms with Crippen molar-refractivity contribution in [1.82, 2.24) is 10.2 Å². The highest BCUT2D eigenvalue weighted by molar-refractivity contribution is 6.31. The fourth-order valence-corrected chi connectivity index (χ4v) is 5.51. The van der Waals surface area contributed by atoms with Gasteiger partial charge >= 0.3 is 0 Å². The molecule has 1 aliphatic carbocycles. The monoisotopic (exact) mass is 378 g/mol. The summed E-state index contributed by atoms with van der Waals surface area (Å²) >= 11 is 6.21. The Kier molecular flexibility index (Phi) is 4.03. The average molecular weight is 379 g/mol. The second-order valence-electron chi connectivity index (χ2n) is 8.45. The van der Waals surface area contributed by atoms with Gasteiger partial charge in [0, 0.05) is 49.0 Å². The lowest BCUT2D eigenvalue weighted by Crippen LogP contribution is -2.42. The number of likely N-dealkylation sites (tertiary alicyclic amines) is 1. The molecule has 0 radical (unpaired) electrons. The molecule has 1 amide bonds. The molecule has 0 unspecified atom stereocenters. The Balaban J connectivity index is 1.27. The number of benzene rings is 1. The van der Waals surface area contributed by atoms with E-state index in [0.717, 1.165) is 50.9 Å². The summed E-state index contributed by atoms with van der Waals surface area (Å²) < 4.78 is 19.7. The number of ether oxygens (including phenoxy) is 1. The fraction of sp³-hybridized carbons (Fsp3) is 0.650. The van der Waals surface area contributed by atoms with Gasteiger partial charge in [0.1, 0.15) is 5.82 Å². The highest BCUT2D eigenvalue weighted by Gasteiger charge is 2.62. The van der Waals surface area contributed by atoms with Crippen molar-refractivity contribution in [2.45, 2.75) is 43.9 Å². The number of halogens is 2. The smallest absolute Gasteiger partial charge is 0.223 e. The SMILES string of the molecule is O=C(NC[C@H]1[C@H]2CN(Cc3ccc(F)cc3Cl)C[C@]23CC[C@H]1O3)C1CC1. The van der Waals surface area contributed by atoms with Gasteiger partial charge in [-0.05, 0) is 43.4 Å². The van der Waals surface area contributed by atoms with Gasteiger partial charge in [-0.2, -0.15) is 0 Å². The first kappa shape index (κ1) is 17.0. The van der Waals surface area contributed by atoms with E-state index in [0.29, 0.717) is 23.4 Å². The van der Waals surface area contributed by atoms with Crippen LogP contribution in [0.4, 0.5) is 4.39 Å². The standard InChI is InChI=1S/C20H24ClFN2O2/c21-17-7-14(22)4-3-13(17)9-24-10-16-15(8-23-19(25)12-1-2-12)18-5-6-20(16,11-24)26-18/h3-4,7,12,15-16,18H,1-2,5-6,8-11H2,(H,23,25)/t15-,16+,18+,20+/m0/s1. The molecule has 3 aliphatic heterocycles. The Hall–Kier alpha value is -1.17. The normalized spacial score (nSPS) is 35.7. The number of amides is 1. The van der Waals surface area contributed by atoms with Crippen LogP contribution < -0.4 is 5.32 Å². The first-order valence-corrected chi connectivity index (χ1v) is 10.0. The Labute approximate surface area is 158 Å². The van der Waals surface area contributed by atoms with Crippen molar-refractivity contribution < 1.29 is 13.9 Å². The van der Waals surface area contributed by atoms with Gasteiger partial charge in [-0.3, -0.25) is 9.69 Å². The molecule has 1 saturated carbocycles. The molecule has 6 heteroatoms. The molecule has 4 aliphatic rings. The fourth-order valence-electron chi connectivity index (χ4n) is 5.28. The minimum atomic E-state index is -0.302. The summed E-state index contributed by atoms with van der Waals surface area (Å²) in [7, 11) is 0. The van der Waals surface area contributed by atoms with Crippen LogP contribution in [0, 0.1) is 23.6 Å². The summed E-state index contributed by atoms with van der Waals surface area (Å²) in [5.41, 5.74) is 0.893. The van der Waals surface area contributed by atoms with Crippen LogP contribution in [-0.4, -0.2) is 42.1 Å². The van der Waals surface area contributed by atoms with E-state index in [9.17, 15) is 9.18 Å². The topological polar surface area (TPSA) is 41.6 Å². The first-order chi connectivity index (χ1) is 12.5. The molecular weight excluding hydrogens is 355 g/mol. The number of hydrogen-bond donors (Lipinski definition) is 1. The third-order valence-electron chi connectivity index (χ3n) is 6.72. The third kappa shape index (κ3) is 2.85.